The van der Waals surface area contributed by atoms with Crippen LogP contribution < -0.4 is 10.7 Å². The van der Waals surface area contributed by atoms with Crippen molar-refractivity contribution in [1.82, 2.24) is 5.43 Å². The van der Waals surface area contributed by atoms with Crippen molar-refractivity contribution in [2.75, 3.05) is 5.32 Å². The SMILES string of the molecule is O=C(N/N=C/c1ccco1)c1ccc(NC(=O)C2CCCCC2)cc1. The van der Waals surface area contributed by atoms with Crippen LogP contribution in [0.5, 0.6) is 0 Å². The highest BCUT2D eigenvalue weighted by atomic mass is 16.3. The Morgan fingerprint density at radius 2 is 1.84 bits per heavy atom. The van der Waals surface area contributed by atoms with Crippen LogP contribution >= 0.6 is 0 Å². The van der Waals surface area contributed by atoms with Gasteiger partial charge in [0.1, 0.15) is 5.76 Å². The van der Waals surface area contributed by atoms with Crippen LogP contribution in [-0.2, 0) is 4.79 Å². The zero-order valence-corrected chi connectivity index (χ0v) is 13.9. The van der Waals surface area contributed by atoms with E-state index in [1.807, 2.05) is 0 Å². The number of hydrogen-bond donors (Lipinski definition) is 2. The van der Waals surface area contributed by atoms with Crippen molar-refractivity contribution in [2.24, 2.45) is 11.0 Å². The first-order valence-corrected chi connectivity index (χ1v) is 8.50. The fraction of sp³-hybridized carbons (Fsp3) is 0.316. The molecule has 6 heteroatoms. The van der Waals surface area contributed by atoms with Crippen LogP contribution in [0, 0.1) is 5.92 Å². The molecule has 0 bridgehead atoms. The van der Waals surface area contributed by atoms with E-state index in [0.29, 0.717) is 17.0 Å². The Bertz CT molecular complexity index is 730. The van der Waals surface area contributed by atoms with E-state index in [1.165, 1.54) is 18.9 Å². The maximum Gasteiger partial charge on any atom is 0.271 e. The van der Waals surface area contributed by atoms with E-state index in [9.17, 15) is 9.59 Å². The Labute approximate surface area is 146 Å². The zero-order chi connectivity index (χ0) is 17.5. The van der Waals surface area contributed by atoms with Crippen LogP contribution in [-0.4, -0.2) is 18.0 Å². The molecular formula is C19H21N3O3. The fourth-order valence-corrected chi connectivity index (χ4v) is 2.90. The second kappa shape index (κ2) is 8.28. The van der Waals surface area contributed by atoms with Gasteiger partial charge in [-0.1, -0.05) is 19.3 Å². The number of amides is 2. The van der Waals surface area contributed by atoms with Crippen molar-refractivity contribution in [2.45, 2.75) is 32.1 Å². The first-order valence-electron chi connectivity index (χ1n) is 8.50. The predicted molar refractivity (Wildman–Crippen MR) is 95.4 cm³/mol. The quantitative estimate of drug-likeness (QED) is 0.645. The van der Waals surface area contributed by atoms with Crippen molar-refractivity contribution in [1.29, 1.82) is 0 Å². The molecule has 1 fully saturated rings. The highest BCUT2D eigenvalue weighted by molar-refractivity contribution is 5.96. The summed E-state index contributed by atoms with van der Waals surface area (Å²) in [5, 5.41) is 6.76. The van der Waals surface area contributed by atoms with E-state index in [0.717, 1.165) is 25.7 Å². The molecule has 0 atom stereocenters. The first kappa shape index (κ1) is 17.0. The highest BCUT2D eigenvalue weighted by Gasteiger charge is 2.21. The third-order valence-electron chi connectivity index (χ3n) is 4.29. The lowest BCUT2D eigenvalue weighted by atomic mass is 9.88. The maximum atomic E-state index is 12.2. The lowest BCUT2D eigenvalue weighted by Crippen LogP contribution is -2.24. The number of carbonyl (C=O) groups excluding carboxylic acids is 2. The van der Waals surface area contributed by atoms with Crippen molar-refractivity contribution >= 4 is 23.7 Å². The number of nitrogens with zero attached hydrogens (tertiary/aromatic N) is 1. The molecule has 0 spiro atoms. The van der Waals surface area contributed by atoms with Crippen molar-refractivity contribution in [3.63, 3.8) is 0 Å². The second-order valence-electron chi connectivity index (χ2n) is 6.12. The average Bonchev–Trinajstić information content (AvgIpc) is 3.16. The van der Waals surface area contributed by atoms with Gasteiger partial charge in [-0.05, 0) is 49.2 Å². The number of benzene rings is 1. The van der Waals surface area contributed by atoms with Gasteiger partial charge in [0.2, 0.25) is 5.91 Å². The van der Waals surface area contributed by atoms with Gasteiger partial charge in [0.15, 0.2) is 0 Å². The molecule has 130 valence electrons. The number of furan rings is 1. The van der Waals surface area contributed by atoms with Crippen LogP contribution in [0.25, 0.3) is 0 Å². The molecule has 0 unspecified atom stereocenters. The van der Waals surface area contributed by atoms with E-state index >= 15 is 0 Å². The van der Waals surface area contributed by atoms with Crippen LogP contribution in [0.3, 0.4) is 0 Å². The van der Waals surface area contributed by atoms with Gasteiger partial charge in [-0.15, -0.1) is 0 Å². The van der Waals surface area contributed by atoms with E-state index in [-0.39, 0.29) is 17.7 Å². The summed E-state index contributed by atoms with van der Waals surface area (Å²) < 4.78 is 5.08. The summed E-state index contributed by atoms with van der Waals surface area (Å²) in [4.78, 5) is 24.2. The van der Waals surface area contributed by atoms with Crippen molar-refractivity contribution in [3.8, 4) is 0 Å². The number of carbonyl (C=O) groups is 2. The monoisotopic (exact) mass is 339 g/mol. The fourth-order valence-electron chi connectivity index (χ4n) is 2.90. The first-order chi connectivity index (χ1) is 12.2. The Morgan fingerprint density at radius 3 is 2.52 bits per heavy atom. The summed E-state index contributed by atoms with van der Waals surface area (Å²) in [5.74, 6) is 0.404. The van der Waals surface area contributed by atoms with Crippen LogP contribution in [0.15, 0.2) is 52.2 Å². The van der Waals surface area contributed by atoms with Gasteiger partial charge in [0.25, 0.3) is 5.91 Å². The van der Waals surface area contributed by atoms with E-state index in [4.69, 9.17) is 4.42 Å². The van der Waals surface area contributed by atoms with Gasteiger partial charge < -0.3 is 9.73 Å². The molecule has 1 aliphatic carbocycles. The minimum Gasteiger partial charge on any atom is -0.463 e. The number of rotatable bonds is 5. The average molecular weight is 339 g/mol. The van der Waals surface area contributed by atoms with E-state index in [2.05, 4.69) is 15.8 Å². The molecule has 1 aliphatic rings. The molecule has 0 aliphatic heterocycles. The second-order valence-corrected chi connectivity index (χ2v) is 6.12. The molecule has 6 nitrogen and oxygen atoms in total. The highest BCUT2D eigenvalue weighted by Crippen LogP contribution is 2.25. The van der Waals surface area contributed by atoms with Gasteiger partial charge in [0, 0.05) is 17.2 Å². The smallest absolute Gasteiger partial charge is 0.271 e. The van der Waals surface area contributed by atoms with Gasteiger partial charge in [-0.3, -0.25) is 9.59 Å². The zero-order valence-electron chi connectivity index (χ0n) is 13.9. The van der Waals surface area contributed by atoms with Gasteiger partial charge in [0.05, 0.1) is 12.5 Å². The van der Waals surface area contributed by atoms with Crippen LogP contribution in [0.1, 0.15) is 48.2 Å². The summed E-state index contributed by atoms with van der Waals surface area (Å²) in [6, 6.07) is 10.3. The lowest BCUT2D eigenvalue weighted by molar-refractivity contribution is -0.120. The van der Waals surface area contributed by atoms with Gasteiger partial charge in [-0.25, -0.2) is 5.43 Å². The van der Waals surface area contributed by atoms with E-state index in [1.54, 1.807) is 36.4 Å². The number of hydrogen-bond acceptors (Lipinski definition) is 4. The molecule has 0 radical (unpaired) electrons. The molecule has 1 heterocycles. The number of nitrogens with one attached hydrogen (secondary N) is 2. The normalized spacial score (nSPS) is 15.2. The molecule has 0 saturated heterocycles. The molecule has 1 aromatic carbocycles. The van der Waals surface area contributed by atoms with Gasteiger partial charge >= 0.3 is 0 Å². The number of anilines is 1. The largest absolute Gasteiger partial charge is 0.463 e. The molecule has 25 heavy (non-hydrogen) atoms. The third-order valence-corrected chi connectivity index (χ3v) is 4.29. The standard InChI is InChI=1S/C19H21N3O3/c23-18(14-5-2-1-3-6-14)21-16-10-8-15(9-11-16)19(24)22-20-13-17-7-4-12-25-17/h4,7-14H,1-3,5-6H2,(H,21,23)(H,22,24)/b20-13+. The van der Waals surface area contributed by atoms with E-state index < -0.39 is 0 Å². The van der Waals surface area contributed by atoms with Crippen molar-refractivity contribution in [3.05, 3.63) is 54.0 Å². The summed E-state index contributed by atoms with van der Waals surface area (Å²) in [6.45, 7) is 0. The Balaban J connectivity index is 1.52. The molecule has 2 aromatic rings. The lowest BCUT2D eigenvalue weighted by Gasteiger charge is -2.20. The minimum absolute atomic E-state index is 0.0694. The molecule has 3 rings (SSSR count). The molecule has 2 amide bonds. The molecular weight excluding hydrogens is 318 g/mol. The van der Waals surface area contributed by atoms with Crippen molar-refractivity contribution < 1.29 is 14.0 Å². The Kier molecular flexibility index (Phi) is 5.61. The predicted octanol–water partition coefficient (Wildman–Crippen LogP) is 3.56. The minimum atomic E-state index is -0.326. The Morgan fingerprint density at radius 1 is 1.08 bits per heavy atom. The van der Waals surface area contributed by atoms with Gasteiger partial charge in [-0.2, -0.15) is 5.10 Å². The Hall–Kier alpha value is -2.89. The molecule has 1 aromatic heterocycles. The summed E-state index contributed by atoms with van der Waals surface area (Å²) in [5.41, 5.74) is 3.60. The number of hydrazone groups is 1. The summed E-state index contributed by atoms with van der Waals surface area (Å²) >= 11 is 0. The summed E-state index contributed by atoms with van der Waals surface area (Å²) in [7, 11) is 0. The molecule has 1 saturated carbocycles. The topological polar surface area (TPSA) is 83.7 Å². The van der Waals surface area contributed by atoms with Crippen LogP contribution in [0.2, 0.25) is 0 Å². The maximum absolute atomic E-state index is 12.2. The molecule has 2 N–H and O–H groups in total. The third kappa shape index (κ3) is 4.79. The summed E-state index contributed by atoms with van der Waals surface area (Å²) in [6.07, 6.45) is 8.33. The van der Waals surface area contributed by atoms with Crippen LogP contribution in [0.4, 0.5) is 5.69 Å².